The molecule has 0 aromatic carbocycles. The van der Waals surface area contributed by atoms with Gasteiger partial charge in [-0.05, 0) is 26.7 Å². The highest BCUT2D eigenvalue weighted by molar-refractivity contribution is 6.09. The van der Waals surface area contributed by atoms with Crippen LogP contribution in [0, 0.1) is 6.92 Å². The lowest BCUT2D eigenvalue weighted by Gasteiger charge is -2.14. The molecule has 1 saturated carbocycles. The summed E-state index contributed by atoms with van der Waals surface area (Å²) in [7, 11) is 0. The lowest BCUT2D eigenvalue weighted by atomic mass is 10.1. The highest BCUT2D eigenvalue weighted by atomic mass is 16.3. The van der Waals surface area contributed by atoms with E-state index >= 15 is 0 Å². The minimum absolute atomic E-state index is 0.0160. The maximum Gasteiger partial charge on any atom is 0.253 e. The van der Waals surface area contributed by atoms with E-state index in [0.717, 1.165) is 12.8 Å². The molecule has 4 N–H and O–H groups in total. The number of carbonyl (C=O) groups excluding carboxylic acids is 1. The molecule has 7 nitrogen and oxygen atoms in total. The summed E-state index contributed by atoms with van der Waals surface area (Å²) in [5, 5.41) is 12.9. The number of hydrogen-bond donors (Lipinski definition) is 3. The van der Waals surface area contributed by atoms with Gasteiger partial charge in [0, 0.05) is 12.0 Å². The number of carbonyl (C=O) groups is 1. The van der Waals surface area contributed by atoms with Crippen molar-refractivity contribution in [3.8, 4) is 0 Å². The number of aliphatic hydroxyl groups excluding tert-OH is 1. The van der Waals surface area contributed by atoms with Gasteiger partial charge in [-0.25, -0.2) is 4.98 Å². The Bertz CT molecular complexity index is 719. The van der Waals surface area contributed by atoms with Gasteiger partial charge in [0.2, 0.25) is 5.71 Å². The standard InChI is InChI=1S/C14H18N4O3/c1-7-9(11(15)20)10-12(18-14(2)4-5-14)16-8(3-6-19)17-13(10)21-7/h19H,3-6H2,1-2H3,(H2,15,20)(H,16,17,18). The molecule has 0 radical (unpaired) electrons. The molecule has 0 atom stereocenters. The predicted molar refractivity (Wildman–Crippen MR) is 77.1 cm³/mol. The van der Waals surface area contributed by atoms with Crippen LogP contribution in [-0.4, -0.2) is 33.1 Å². The Morgan fingerprint density at radius 1 is 1.48 bits per heavy atom. The third-order valence-electron chi connectivity index (χ3n) is 3.78. The molecule has 2 aromatic rings. The summed E-state index contributed by atoms with van der Waals surface area (Å²) in [5.74, 6) is 0.890. The van der Waals surface area contributed by atoms with E-state index in [1.165, 1.54) is 0 Å². The molecular weight excluding hydrogens is 272 g/mol. The number of aliphatic hydroxyl groups is 1. The monoisotopic (exact) mass is 290 g/mol. The van der Waals surface area contributed by atoms with Crippen LogP contribution in [0.25, 0.3) is 11.1 Å². The molecule has 21 heavy (non-hydrogen) atoms. The summed E-state index contributed by atoms with van der Waals surface area (Å²) >= 11 is 0. The molecule has 2 aromatic heterocycles. The molecule has 1 aliphatic rings. The van der Waals surface area contributed by atoms with E-state index in [4.69, 9.17) is 15.3 Å². The number of nitrogens with two attached hydrogens (primary N) is 1. The molecule has 0 aliphatic heterocycles. The van der Waals surface area contributed by atoms with E-state index in [-0.39, 0.29) is 12.1 Å². The summed E-state index contributed by atoms with van der Waals surface area (Å²) in [6, 6.07) is 0. The average molecular weight is 290 g/mol. The van der Waals surface area contributed by atoms with Gasteiger partial charge in [-0.15, -0.1) is 0 Å². The van der Waals surface area contributed by atoms with Crippen LogP contribution >= 0.6 is 0 Å². The molecule has 0 unspecified atom stereocenters. The number of nitrogens with zero attached hydrogens (tertiary/aromatic N) is 2. The fraction of sp³-hybridized carbons (Fsp3) is 0.500. The molecule has 0 bridgehead atoms. The molecule has 0 spiro atoms. The molecule has 1 amide bonds. The van der Waals surface area contributed by atoms with Crippen molar-refractivity contribution in [1.29, 1.82) is 0 Å². The van der Waals surface area contributed by atoms with Crippen molar-refractivity contribution in [3.05, 3.63) is 17.1 Å². The number of aryl methyl sites for hydroxylation is 1. The molecule has 112 valence electrons. The normalized spacial score (nSPS) is 16.1. The number of nitrogens with one attached hydrogen (secondary N) is 1. The number of fused-ring (bicyclic) bond motifs is 1. The van der Waals surface area contributed by atoms with E-state index in [1.54, 1.807) is 6.92 Å². The summed E-state index contributed by atoms with van der Waals surface area (Å²) < 4.78 is 5.55. The molecule has 2 heterocycles. The number of primary amides is 1. The van der Waals surface area contributed by atoms with E-state index in [2.05, 4.69) is 22.2 Å². The summed E-state index contributed by atoms with van der Waals surface area (Å²) in [4.78, 5) is 20.4. The van der Waals surface area contributed by atoms with Crippen molar-refractivity contribution >= 4 is 22.8 Å². The Labute approximate surface area is 121 Å². The smallest absolute Gasteiger partial charge is 0.253 e. The highest BCUT2D eigenvalue weighted by Gasteiger charge is 2.38. The van der Waals surface area contributed by atoms with Gasteiger partial charge < -0.3 is 20.6 Å². The average Bonchev–Trinajstić information content (AvgIpc) is 2.99. The fourth-order valence-electron chi connectivity index (χ4n) is 2.35. The van der Waals surface area contributed by atoms with Crippen LogP contribution in [0.3, 0.4) is 0 Å². The molecule has 3 rings (SSSR count). The van der Waals surface area contributed by atoms with E-state index in [1.807, 2.05) is 0 Å². The number of amides is 1. The first-order valence-electron chi connectivity index (χ1n) is 6.92. The molecular formula is C14H18N4O3. The second kappa shape index (κ2) is 4.70. The Hall–Kier alpha value is -2.15. The number of rotatable bonds is 5. The van der Waals surface area contributed by atoms with Crippen LogP contribution < -0.4 is 11.1 Å². The lowest BCUT2D eigenvalue weighted by Crippen LogP contribution is -2.19. The van der Waals surface area contributed by atoms with Crippen molar-refractivity contribution in [1.82, 2.24) is 9.97 Å². The summed E-state index contributed by atoms with van der Waals surface area (Å²) in [6.45, 7) is 3.71. The third-order valence-corrected chi connectivity index (χ3v) is 3.78. The maximum absolute atomic E-state index is 11.7. The van der Waals surface area contributed by atoms with Crippen molar-refractivity contribution in [2.75, 3.05) is 11.9 Å². The largest absolute Gasteiger partial charge is 0.442 e. The first kappa shape index (κ1) is 13.8. The third kappa shape index (κ3) is 2.44. The van der Waals surface area contributed by atoms with Gasteiger partial charge in [0.05, 0.1) is 17.6 Å². The topological polar surface area (TPSA) is 114 Å². The van der Waals surface area contributed by atoms with Crippen molar-refractivity contribution in [2.24, 2.45) is 5.73 Å². The van der Waals surface area contributed by atoms with Gasteiger partial charge in [-0.1, -0.05) is 0 Å². The predicted octanol–water partition coefficient (Wildman–Crippen LogP) is 1.13. The number of furan rings is 1. The molecule has 1 aliphatic carbocycles. The number of anilines is 1. The zero-order valence-electron chi connectivity index (χ0n) is 12.1. The van der Waals surface area contributed by atoms with Gasteiger partial charge in [-0.3, -0.25) is 4.79 Å². The molecule has 7 heteroatoms. The highest BCUT2D eigenvalue weighted by Crippen LogP contribution is 2.40. The van der Waals surface area contributed by atoms with Crippen molar-refractivity contribution in [3.63, 3.8) is 0 Å². The van der Waals surface area contributed by atoms with Crippen LogP contribution in [-0.2, 0) is 6.42 Å². The first-order chi connectivity index (χ1) is 9.93. The molecule has 1 fully saturated rings. The van der Waals surface area contributed by atoms with Crippen molar-refractivity contribution < 1.29 is 14.3 Å². The van der Waals surface area contributed by atoms with Gasteiger partial charge >= 0.3 is 0 Å². The van der Waals surface area contributed by atoms with Gasteiger partial charge in [0.1, 0.15) is 17.4 Å². The van der Waals surface area contributed by atoms with Gasteiger partial charge in [0.25, 0.3) is 5.91 Å². The summed E-state index contributed by atoms with van der Waals surface area (Å²) in [5.41, 5.74) is 6.07. The van der Waals surface area contributed by atoms with E-state index in [0.29, 0.717) is 40.5 Å². The Morgan fingerprint density at radius 3 is 2.76 bits per heavy atom. The van der Waals surface area contributed by atoms with Gasteiger partial charge in [0.15, 0.2) is 0 Å². The van der Waals surface area contributed by atoms with Crippen LogP contribution in [0.5, 0.6) is 0 Å². The van der Waals surface area contributed by atoms with Crippen LogP contribution in [0.1, 0.15) is 41.7 Å². The van der Waals surface area contributed by atoms with Crippen LogP contribution in [0.2, 0.25) is 0 Å². The zero-order chi connectivity index (χ0) is 15.2. The second-order valence-corrected chi connectivity index (χ2v) is 5.73. The zero-order valence-corrected chi connectivity index (χ0v) is 12.1. The second-order valence-electron chi connectivity index (χ2n) is 5.73. The van der Waals surface area contributed by atoms with Crippen LogP contribution in [0.4, 0.5) is 5.82 Å². The maximum atomic E-state index is 11.7. The number of aromatic nitrogens is 2. The Kier molecular flexibility index (Phi) is 3.09. The number of hydrogen-bond acceptors (Lipinski definition) is 6. The fourth-order valence-corrected chi connectivity index (χ4v) is 2.35. The SMILES string of the molecule is Cc1oc2nc(CCO)nc(NC3(C)CC3)c2c1C(N)=O. The minimum atomic E-state index is -0.561. The Balaban J connectivity index is 2.21. The minimum Gasteiger partial charge on any atom is -0.442 e. The quantitative estimate of drug-likeness (QED) is 0.760. The molecule has 0 saturated heterocycles. The lowest BCUT2D eigenvalue weighted by molar-refractivity contribution is 0.1000. The first-order valence-corrected chi connectivity index (χ1v) is 6.92. The summed E-state index contributed by atoms with van der Waals surface area (Å²) in [6.07, 6.45) is 2.40. The van der Waals surface area contributed by atoms with Crippen molar-refractivity contribution in [2.45, 2.75) is 38.6 Å². The Morgan fingerprint density at radius 2 is 2.19 bits per heavy atom. The van der Waals surface area contributed by atoms with E-state index < -0.39 is 5.91 Å². The van der Waals surface area contributed by atoms with E-state index in [9.17, 15) is 4.79 Å². The van der Waals surface area contributed by atoms with Gasteiger partial charge in [-0.2, -0.15) is 4.98 Å². The van der Waals surface area contributed by atoms with Crippen LogP contribution in [0.15, 0.2) is 4.42 Å².